The number of hydrogen-bond acceptors (Lipinski definition) is 6. The molecule has 0 unspecified atom stereocenters. The Morgan fingerprint density at radius 3 is 2.05 bits per heavy atom. The molecule has 0 amide bonds. The molecule has 19 heavy (non-hydrogen) atoms. The van der Waals surface area contributed by atoms with Gasteiger partial charge in [-0.05, 0) is 12.5 Å². The van der Waals surface area contributed by atoms with Crippen LogP contribution in [0.25, 0.3) is 0 Å². The van der Waals surface area contributed by atoms with E-state index in [0.717, 1.165) is 13.3 Å². The maximum Gasteiger partial charge on any atom is 0.272 e. The smallest absolute Gasteiger partial charge is 0.272 e. The van der Waals surface area contributed by atoms with Crippen LogP contribution in [0.5, 0.6) is 5.88 Å². The molecule has 1 heterocycles. The summed E-state index contributed by atoms with van der Waals surface area (Å²) < 4.78 is 54.3. The van der Waals surface area contributed by atoms with E-state index < -0.39 is 42.0 Å². The third kappa shape index (κ3) is 3.14. The van der Waals surface area contributed by atoms with Gasteiger partial charge in [0, 0.05) is 18.9 Å². The number of pyridine rings is 1. The van der Waals surface area contributed by atoms with Crippen LogP contribution in [0.3, 0.4) is 0 Å². The van der Waals surface area contributed by atoms with Crippen molar-refractivity contribution >= 4 is 20.0 Å². The van der Waals surface area contributed by atoms with E-state index in [4.69, 9.17) is 4.55 Å². The van der Waals surface area contributed by atoms with Gasteiger partial charge in [-0.3, -0.25) is 13.9 Å². The standard InChI is InChI=1S/C9H13NO7S2/c1-5-6(4-19(15,16)17)8(11)10(2)9(12)7(5)18(3,13)14/h11H,4H2,1-3H3,(H,15,16,17). The van der Waals surface area contributed by atoms with Gasteiger partial charge in [0.2, 0.25) is 0 Å². The van der Waals surface area contributed by atoms with Crippen LogP contribution in [-0.2, 0) is 32.8 Å². The van der Waals surface area contributed by atoms with Crippen molar-refractivity contribution in [3.8, 4) is 5.88 Å². The predicted octanol–water partition coefficient (Wildman–Crippen LogP) is -0.809. The second kappa shape index (κ2) is 4.62. The van der Waals surface area contributed by atoms with Crippen LogP contribution in [-0.4, -0.2) is 37.3 Å². The zero-order valence-corrected chi connectivity index (χ0v) is 12.0. The van der Waals surface area contributed by atoms with E-state index in [1.807, 2.05) is 0 Å². The number of sulfone groups is 1. The molecule has 0 radical (unpaired) electrons. The van der Waals surface area contributed by atoms with Crippen molar-refractivity contribution in [3.05, 3.63) is 21.5 Å². The highest BCUT2D eigenvalue weighted by Crippen LogP contribution is 2.25. The topological polar surface area (TPSA) is 131 Å². The summed E-state index contributed by atoms with van der Waals surface area (Å²) in [5, 5.41) is 9.71. The highest BCUT2D eigenvalue weighted by atomic mass is 32.2. The average Bonchev–Trinajstić information content (AvgIpc) is 2.18. The van der Waals surface area contributed by atoms with Gasteiger partial charge < -0.3 is 5.11 Å². The minimum atomic E-state index is -4.48. The molecule has 1 aromatic rings. The minimum absolute atomic E-state index is 0.194. The van der Waals surface area contributed by atoms with Crippen molar-refractivity contribution in [1.82, 2.24) is 4.57 Å². The first-order valence-electron chi connectivity index (χ1n) is 4.93. The third-order valence-corrected chi connectivity index (χ3v) is 4.45. The Morgan fingerprint density at radius 2 is 1.68 bits per heavy atom. The van der Waals surface area contributed by atoms with Crippen molar-refractivity contribution in [2.45, 2.75) is 17.6 Å². The van der Waals surface area contributed by atoms with Crippen LogP contribution in [0.2, 0.25) is 0 Å². The number of aromatic nitrogens is 1. The summed E-state index contributed by atoms with van der Waals surface area (Å²) in [5.74, 6) is -1.69. The van der Waals surface area contributed by atoms with E-state index >= 15 is 0 Å². The molecule has 1 rings (SSSR count). The highest BCUT2D eigenvalue weighted by molar-refractivity contribution is 7.90. The van der Waals surface area contributed by atoms with Crippen molar-refractivity contribution < 1.29 is 26.5 Å². The number of aromatic hydroxyl groups is 1. The van der Waals surface area contributed by atoms with E-state index in [1.54, 1.807) is 0 Å². The molecule has 0 aliphatic carbocycles. The Balaban J connectivity index is 3.88. The largest absolute Gasteiger partial charge is 0.494 e. The molecule has 0 atom stereocenters. The predicted molar refractivity (Wildman–Crippen MR) is 66.4 cm³/mol. The van der Waals surface area contributed by atoms with Crippen LogP contribution in [0.15, 0.2) is 9.69 Å². The van der Waals surface area contributed by atoms with E-state index in [1.165, 1.54) is 6.92 Å². The number of hydrogen-bond donors (Lipinski definition) is 2. The summed E-state index contributed by atoms with van der Waals surface area (Å²) in [4.78, 5) is 11.2. The molecule has 0 aliphatic heterocycles. The van der Waals surface area contributed by atoms with Crippen molar-refractivity contribution in [1.29, 1.82) is 0 Å². The van der Waals surface area contributed by atoms with E-state index in [0.29, 0.717) is 4.57 Å². The van der Waals surface area contributed by atoms with Crippen LogP contribution in [0.1, 0.15) is 11.1 Å². The van der Waals surface area contributed by atoms with Gasteiger partial charge in [-0.1, -0.05) is 0 Å². The molecule has 108 valence electrons. The molecule has 0 aromatic carbocycles. The van der Waals surface area contributed by atoms with E-state index in [-0.39, 0.29) is 11.1 Å². The Kier molecular flexibility index (Phi) is 3.81. The van der Waals surface area contributed by atoms with Crippen LogP contribution in [0.4, 0.5) is 0 Å². The third-order valence-electron chi connectivity index (χ3n) is 2.58. The number of rotatable bonds is 3. The molecule has 0 saturated heterocycles. The van der Waals surface area contributed by atoms with Crippen LogP contribution >= 0.6 is 0 Å². The lowest BCUT2D eigenvalue weighted by atomic mass is 10.1. The summed E-state index contributed by atoms with van der Waals surface area (Å²) >= 11 is 0. The van der Waals surface area contributed by atoms with Gasteiger partial charge in [-0.25, -0.2) is 8.42 Å². The first-order valence-corrected chi connectivity index (χ1v) is 8.43. The van der Waals surface area contributed by atoms with Gasteiger partial charge in [0.15, 0.2) is 15.7 Å². The fourth-order valence-corrected chi connectivity index (χ4v) is 3.55. The second-order valence-electron chi connectivity index (χ2n) is 4.12. The summed E-state index contributed by atoms with van der Waals surface area (Å²) in [6.07, 6.45) is 0.797. The summed E-state index contributed by atoms with van der Waals surface area (Å²) in [6, 6.07) is 0. The molecular formula is C9H13NO7S2. The molecule has 0 fully saturated rings. The lowest BCUT2D eigenvalue weighted by Crippen LogP contribution is -2.27. The molecule has 10 heteroatoms. The lowest BCUT2D eigenvalue weighted by Gasteiger charge is -2.14. The molecule has 1 aromatic heterocycles. The molecular weight excluding hydrogens is 298 g/mol. The van der Waals surface area contributed by atoms with Gasteiger partial charge in [0.05, 0.1) is 0 Å². The zero-order valence-electron chi connectivity index (χ0n) is 10.4. The Bertz CT molecular complexity index is 787. The van der Waals surface area contributed by atoms with Crippen molar-refractivity contribution in [2.75, 3.05) is 6.26 Å². The normalized spacial score (nSPS) is 12.6. The first kappa shape index (κ1) is 15.7. The maximum absolute atomic E-state index is 11.8. The van der Waals surface area contributed by atoms with Gasteiger partial charge in [-0.2, -0.15) is 8.42 Å². The summed E-state index contributed by atoms with van der Waals surface area (Å²) in [6.45, 7) is 1.19. The highest BCUT2D eigenvalue weighted by Gasteiger charge is 2.25. The first-order chi connectivity index (χ1) is 8.36. The van der Waals surface area contributed by atoms with Gasteiger partial charge in [0.1, 0.15) is 10.6 Å². The minimum Gasteiger partial charge on any atom is -0.494 e. The fourth-order valence-electron chi connectivity index (χ4n) is 1.71. The molecule has 0 saturated carbocycles. The van der Waals surface area contributed by atoms with Gasteiger partial charge >= 0.3 is 0 Å². The molecule has 2 N–H and O–H groups in total. The molecule has 8 nitrogen and oxygen atoms in total. The van der Waals surface area contributed by atoms with Gasteiger partial charge in [-0.15, -0.1) is 0 Å². The van der Waals surface area contributed by atoms with E-state index in [2.05, 4.69) is 0 Å². The van der Waals surface area contributed by atoms with Crippen molar-refractivity contribution in [3.63, 3.8) is 0 Å². The number of nitrogens with zero attached hydrogens (tertiary/aromatic N) is 1. The second-order valence-corrected chi connectivity index (χ2v) is 7.52. The SMILES string of the molecule is Cc1c(CS(=O)(=O)O)c(O)n(C)c(=O)c1S(C)(=O)=O. The molecule has 0 spiro atoms. The average molecular weight is 311 g/mol. The van der Waals surface area contributed by atoms with Crippen LogP contribution < -0.4 is 5.56 Å². The zero-order chi connectivity index (χ0) is 15.2. The summed E-state index contributed by atoms with van der Waals surface area (Å²) in [7, 11) is -7.29. The van der Waals surface area contributed by atoms with E-state index in [9.17, 15) is 26.7 Å². The fraction of sp³-hybridized carbons (Fsp3) is 0.444. The summed E-state index contributed by atoms with van der Waals surface area (Å²) in [5.41, 5.74) is -1.48. The van der Waals surface area contributed by atoms with Crippen LogP contribution in [0, 0.1) is 6.92 Å². The van der Waals surface area contributed by atoms with Gasteiger partial charge in [0.25, 0.3) is 15.7 Å². The lowest BCUT2D eigenvalue weighted by molar-refractivity contribution is 0.411. The molecule has 0 bridgehead atoms. The van der Waals surface area contributed by atoms with Crippen molar-refractivity contribution in [2.24, 2.45) is 7.05 Å². The quantitative estimate of drug-likeness (QED) is 0.698. The Morgan fingerprint density at radius 1 is 1.21 bits per heavy atom. The monoisotopic (exact) mass is 311 g/mol. The Labute approximate surface area is 110 Å². The maximum atomic E-state index is 11.8. The molecule has 0 aliphatic rings. The Hall–Kier alpha value is -1.39.